The number of hydrogen-bond donors (Lipinski definition) is 1. The van der Waals surface area contributed by atoms with Crippen LogP contribution >= 0.6 is 23.2 Å². The van der Waals surface area contributed by atoms with Crippen LogP contribution in [-0.4, -0.2) is 0 Å². The van der Waals surface area contributed by atoms with Gasteiger partial charge in [0, 0.05) is 11.6 Å². The maximum atomic E-state index is 13.1. The third-order valence-electron chi connectivity index (χ3n) is 4.99. The van der Waals surface area contributed by atoms with Gasteiger partial charge in [0.15, 0.2) is 0 Å². The summed E-state index contributed by atoms with van der Waals surface area (Å²) >= 11 is 12.1. The van der Waals surface area contributed by atoms with Crippen molar-refractivity contribution >= 4 is 28.9 Å². The molecule has 0 aromatic heterocycles. The third-order valence-corrected chi connectivity index (χ3v) is 5.73. The predicted octanol–water partition coefficient (Wildman–Crippen LogP) is 6.84. The van der Waals surface area contributed by atoms with Crippen molar-refractivity contribution in [3.63, 3.8) is 0 Å². The number of nitrogens with one attached hydrogen (secondary N) is 1. The Hall–Kier alpha value is -1.65. The maximum Gasteiger partial charge on any atom is 0.416 e. The second-order valence-corrected chi connectivity index (χ2v) is 7.26. The molecule has 1 heterocycles. The van der Waals surface area contributed by atoms with Crippen LogP contribution in [0.2, 0.25) is 10.0 Å². The molecule has 1 nitrogen and oxygen atoms in total. The van der Waals surface area contributed by atoms with E-state index in [1.165, 1.54) is 12.1 Å². The number of anilines is 1. The van der Waals surface area contributed by atoms with Gasteiger partial charge in [-0.15, -0.1) is 0 Å². The first-order valence-corrected chi connectivity index (χ1v) is 8.69. The van der Waals surface area contributed by atoms with Crippen LogP contribution in [0.25, 0.3) is 0 Å². The Labute approximate surface area is 153 Å². The average molecular weight is 384 g/mol. The fourth-order valence-electron chi connectivity index (χ4n) is 3.81. The summed E-state index contributed by atoms with van der Waals surface area (Å²) in [6, 6.07) is 9.37. The van der Waals surface area contributed by atoms with Crippen molar-refractivity contribution in [1.29, 1.82) is 0 Å². The van der Waals surface area contributed by atoms with E-state index in [0.717, 1.165) is 23.7 Å². The molecular weight excluding hydrogens is 370 g/mol. The fraction of sp³-hybridized carbons (Fsp3) is 0.263. The van der Waals surface area contributed by atoms with Gasteiger partial charge >= 0.3 is 6.18 Å². The molecule has 1 aliphatic carbocycles. The summed E-state index contributed by atoms with van der Waals surface area (Å²) in [7, 11) is 0. The highest BCUT2D eigenvalue weighted by atomic mass is 35.5. The minimum Gasteiger partial charge on any atom is -0.378 e. The van der Waals surface area contributed by atoms with Crippen LogP contribution in [0.5, 0.6) is 0 Å². The zero-order chi connectivity index (χ0) is 17.8. The van der Waals surface area contributed by atoms with Gasteiger partial charge < -0.3 is 5.32 Å². The summed E-state index contributed by atoms with van der Waals surface area (Å²) in [6.07, 6.45) is 0.511. The lowest BCUT2D eigenvalue weighted by molar-refractivity contribution is -0.137. The minimum absolute atomic E-state index is 0.0287. The Morgan fingerprint density at radius 1 is 1.00 bits per heavy atom. The van der Waals surface area contributed by atoms with Crippen LogP contribution in [0.1, 0.15) is 35.1 Å². The fourth-order valence-corrected chi connectivity index (χ4v) is 4.11. The third kappa shape index (κ3) is 2.91. The number of alkyl halides is 3. The lowest BCUT2D eigenvalue weighted by Crippen LogP contribution is -2.29. The summed E-state index contributed by atoms with van der Waals surface area (Å²) in [5.74, 6) is 0.103. The molecule has 0 saturated heterocycles. The van der Waals surface area contributed by atoms with Gasteiger partial charge in [-0.2, -0.15) is 13.2 Å². The molecule has 4 rings (SSSR count). The van der Waals surface area contributed by atoms with Gasteiger partial charge in [-0.25, -0.2) is 0 Å². The van der Waals surface area contributed by atoms with E-state index >= 15 is 0 Å². The summed E-state index contributed by atoms with van der Waals surface area (Å²) in [6.45, 7) is 0. The molecule has 2 aliphatic rings. The van der Waals surface area contributed by atoms with Gasteiger partial charge in [0.25, 0.3) is 0 Å². The molecule has 0 bridgehead atoms. The van der Waals surface area contributed by atoms with Crippen molar-refractivity contribution in [2.45, 2.75) is 24.6 Å². The standard InChI is InChI=1S/C19H14Cl2F3N/c20-15-6-4-10(8-16(15)21)18-13-3-1-2-12(13)14-9-11(19(22,23)24)5-7-17(14)25-18/h1-2,4-9,12-13,18,25H,3H2/t12-,13-,18+/m1/s1. The molecular formula is C19H14Cl2F3N. The highest BCUT2D eigenvalue weighted by Gasteiger charge is 2.40. The number of rotatable bonds is 1. The first-order chi connectivity index (χ1) is 11.8. The second kappa shape index (κ2) is 5.96. The molecule has 0 unspecified atom stereocenters. The van der Waals surface area contributed by atoms with Crippen molar-refractivity contribution in [2.24, 2.45) is 5.92 Å². The van der Waals surface area contributed by atoms with Crippen molar-refractivity contribution in [3.05, 3.63) is 75.3 Å². The first-order valence-electron chi connectivity index (χ1n) is 7.94. The van der Waals surface area contributed by atoms with Crippen molar-refractivity contribution in [2.75, 3.05) is 5.32 Å². The van der Waals surface area contributed by atoms with Crippen molar-refractivity contribution < 1.29 is 13.2 Å². The summed E-state index contributed by atoms with van der Waals surface area (Å²) < 4.78 is 39.2. The van der Waals surface area contributed by atoms with Crippen LogP contribution in [0.15, 0.2) is 48.6 Å². The quantitative estimate of drug-likeness (QED) is 0.531. The van der Waals surface area contributed by atoms with Crippen LogP contribution in [-0.2, 0) is 6.18 Å². The van der Waals surface area contributed by atoms with Crippen LogP contribution < -0.4 is 5.32 Å². The Morgan fingerprint density at radius 3 is 2.52 bits per heavy atom. The lowest BCUT2D eigenvalue weighted by atomic mass is 9.76. The van der Waals surface area contributed by atoms with Crippen molar-refractivity contribution in [1.82, 2.24) is 0 Å². The average Bonchev–Trinajstić information content (AvgIpc) is 3.05. The largest absolute Gasteiger partial charge is 0.416 e. The number of benzene rings is 2. The lowest BCUT2D eigenvalue weighted by Gasteiger charge is -2.38. The van der Waals surface area contributed by atoms with Gasteiger partial charge in [-0.05, 0) is 53.8 Å². The molecule has 2 aromatic carbocycles. The predicted molar refractivity (Wildman–Crippen MR) is 94.3 cm³/mol. The molecule has 0 spiro atoms. The molecule has 1 N–H and O–H groups in total. The van der Waals surface area contributed by atoms with Crippen LogP contribution in [0.4, 0.5) is 18.9 Å². The Balaban J connectivity index is 1.77. The summed E-state index contributed by atoms with van der Waals surface area (Å²) in [4.78, 5) is 0. The van der Waals surface area contributed by atoms with E-state index < -0.39 is 11.7 Å². The van der Waals surface area contributed by atoms with Gasteiger partial charge in [0.05, 0.1) is 21.7 Å². The highest BCUT2D eigenvalue weighted by Crippen LogP contribution is 2.51. The number of allylic oxidation sites excluding steroid dienone is 2. The van der Waals surface area contributed by atoms with E-state index in [0.29, 0.717) is 15.6 Å². The molecule has 25 heavy (non-hydrogen) atoms. The number of fused-ring (bicyclic) bond motifs is 3. The van der Waals surface area contributed by atoms with E-state index in [1.54, 1.807) is 6.07 Å². The molecule has 1 aliphatic heterocycles. The number of hydrogen-bond acceptors (Lipinski definition) is 1. The number of halogens is 5. The molecule has 0 fully saturated rings. The monoisotopic (exact) mass is 383 g/mol. The molecule has 6 heteroatoms. The van der Waals surface area contributed by atoms with Gasteiger partial charge in [0.2, 0.25) is 0 Å². The topological polar surface area (TPSA) is 12.0 Å². The molecule has 0 amide bonds. The second-order valence-electron chi connectivity index (χ2n) is 6.45. The minimum atomic E-state index is -4.34. The highest BCUT2D eigenvalue weighted by molar-refractivity contribution is 6.42. The van der Waals surface area contributed by atoms with Gasteiger partial charge in [-0.1, -0.05) is 41.4 Å². The smallest absolute Gasteiger partial charge is 0.378 e. The summed E-state index contributed by atoms with van der Waals surface area (Å²) in [5.41, 5.74) is 1.81. The molecule has 0 radical (unpaired) electrons. The van der Waals surface area contributed by atoms with Crippen LogP contribution in [0.3, 0.4) is 0 Å². The van der Waals surface area contributed by atoms with E-state index in [4.69, 9.17) is 23.2 Å². The van der Waals surface area contributed by atoms with E-state index in [1.807, 2.05) is 24.3 Å². The maximum absolute atomic E-state index is 13.1. The molecule has 0 saturated carbocycles. The van der Waals surface area contributed by atoms with E-state index in [-0.39, 0.29) is 17.9 Å². The van der Waals surface area contributed by atoms with E-state index in [9.17, 15) is 13.2 Å². The summed E-state index contributed by atoms with van der Waals surface area (Å²) in [5, 5.41) is 4.36. The Morgan fingerprint density at radius 2 is 1.80 bits per heavy atom. The molecule has 130 valence electrons. The molecule has 3 atom stereocenters. The Kier molecular flexibility index (Phi) is 4.00. The zero-order valence-corrected chi connectivity index (χ0v) is 14.5. The van der Waals surface area contributed by atoms with Gasteiger partial charge in [0.1, 0.15) is 0 Å². The van der Waals surface area contributed by atoms with Crippen molar-refractivity contribution in [3.8, 4) is 0 Å². The zero-order valence-electron chi connectivity index (χ0n) is 12.9. The first kappa shape index (κ1) is 16.8. The normalized spacial score (nSPS) is 24.6. The van der Waals surface area contributed by atoms with Crippen LogP contribution in [0, 0.1) is 5.92 Å². The SMILES string of the molecule is FC(F)(F)c1ccc2c(c1)[C@@H]1C=CC[C@H]1[C@H](c1ccc(Cl)c(Cl)c1)N2. The Bertz CT molecular complexity index is 860. The van der Waals surface area contributed by atoms with E-state index in [2.05, 4.69) is 5.32 Å². The molecule has 2 aromatic rings. The van der Waals surface area contributed by atoms with Gasteiger partial charge in [-0.3, -0.25) is 0 Å².